The molecule has 2 aromatic rings. The summed E-state index contributed by atoms with van der Waals surface area (Å²) >= 11 is 6.11. The third-order valence-electron chi connectivity index (χ3n) is 2.99. The van der Waals surface area contributed by atoms with E-state index >= 15 is 0 Å². The van der Waals surface area contributed by atoms with E-state index in [0.29, 0.717) is 35.1 Å². The molecule has 0 unspecified atom stereocenters. The van der Waals surface area contributed by atoms with Gasteiger partial charge in [-0.25, -0.2) is 4.79 Å². The van der Waals surface area contributed by atoms with Gasteiger partial charge in [-0.15, -0.1) is 0 Å². The first-order valence-electron chi connectivity index (χ1n) is 6.88. The lowest BCUT2D eigenvalue weighted by atomic mass is 10.2. The number of carbonyl (C=O) groups excluding carboxylic acids is 1. The summed E-state index contributed by atoms with van der Waals surface area (Å²) in [4.78, 5) is 12.1. The van der Waals surface area contributed by atoms with Crippen molar-refractivity contribution in [3.05, 3.63) is 41.0 Å². The molecule has 0 saturated heterocycles. The number of aromatic nitrogens is 2. The fourth-order valence-corrected chi connectivity index (χ4v) is 2.18. The monoisotopic (exact) mass is 333 g/mol. The van der Waals surface area contributed by atoms with E-state index < -0.39 is 6.03 Å². The molecule has 0 saturated carbocycles. The van der Waals surface area contributed by atoms with Gasteiger partial charge in [0.1, 0.15) is 0 Å². The second kappa shape index (κ2) is 8.17. The van der Waals surface area contributed by atoms with Crippen molar-refractivity contribution in [3.8, 4) is 6.07 Å². The average Bonchev–Trinajstić information content (AvgIpc) is 2.96. The van der Waals surface area contributed by atoms with Gasteiger partial charge >= 0.3 is 6.03 Å². The maximum absolute atomic E-state index is 12.1. The molecule has 0 aliphatic rings. The first-order chi connectivity index (χ1) is 11.1. The van der Waals surface area contributed by atoms with E-state index in [4.69, 9.17) is 21.6 Å². The van der Waals surface area contributed by atoms with Gasteiger partial charge in [0, 0.05) is 35.6 Å². The van der Waals surface area contributed by atoms with Crippen molar-refractivity contribution in [2.75, 3.05) is 17.7 Å². The van der Waals surface area contributed by atoms with Crippen molar-refractivity contribution in [3.63, 3.8) is 0 Å². The Morgan fingerprint density at radius 3 is 3.00 bits per heavy atom. The standard InChI is InChI=1S/C15H16ClN5O2/c1-23-10-11-12(16)4-2-5-13(11)18-15(22)19-14-6-9-21(20-14)8-3-7-17/h2,4-6,9H,3,8,10H2,1H3,(H2,18,19,20,22). The van der Waals surface area contributed by atoms with E-state index in [1.807, 2.05) is 6.07 Å². The molecule has 0 atom stereocenters. The lowest BCUT2D eigenvalue weighted by molar-refractivity contribution is 0.185. The number of methoxy groups -OCH3 is 1. The van der Waals surface area contributed by atoms with Gasteiger partial charge in [-0.05, 0) is 12.1 Å². The Labute approximate surface area is 138 Å². The zero-order valence-electron chi connectivity index (χ0n) is 12.5. The molecule has 0 bridgehead atoms. The number of carbonyl (C=O) groups is 1. The van der Waals surface area contributed by atoms with Crippen molar-refractivity contribution in [1.29, 1.82) is 5.26 Å². The van der Waals surface area contributed by atoms with Gasteiger partial charge in [-0.3, -0.25) is 10.00 Å². The molecule has 0 spiro atoms. The number of anilines is 2. The summed E-state index contributed by atoms with van der Waals surface area (Å²) in [5, 5.41) is 18.6. The van der Waals surface area contributed by atoms with E-state index in [1.165, 1.54) is 0 Å². The minimum absolute atomic E-state index is 0.290. The number of nitriles is 1. The summed E-state index contributed by atoms with van der Waals surface area (Å²) < 4.78 is 6.68. The molecule has 0 aliphatic carbocycles. The molecule has 8 heteroatoms. The Morgan fingerprint density at radius 2 is 2.26 bits per heavy atom. The number of amides is 2. The molecular formula is C15H16ClN5O2. The molecule has 2 amide bonds. The zero-order valence-corrected chi connectivity index (χ0v) is 13.3. The van der Waals surface area contributed by atoms with Gasteiger partial charge in [-0.1, -0.05) is 17.7 Å². The van der Waals surface area contributed by atoms with Crippen LogP contribution in [0.1, 0.15) is 12.0 Å². The van der Waals surface area contributed by atoms with E-state index in [1.54, 1.807) is 42.3 Å². The minimum Gasteiger partial charge on any atom is -0.380 e. The minimum atomic E-state index is -0.435. The predicted octanol–water partition coefficient (Wildman–Crippen LogP) is 3.24. The molecular weight excluding hydrogens is 318 g/mol. The molecule has 1 aromatic carbocycles. The van der Waals surface area contributed by atoms with E-state index in [9.17, 15) is 4.79 Å². The summed E-state index contributed by atoms with van der Waals surface area (Å²) in [6.45, 7) is 0.768. The number of rotatable bonds is 6. The number of nitrogens with zero attached hydrogens (tertiary/aromatic N) is 3. The molecule has 2 rings (SSSR count). The van der Waals surface area contributed by atoms with Crippen LogP contribution < -0.4 is 10.6 Å². The Morgan fingerprint density at radius 1 is 1.43 bits per heavy atom. The molecule has 23 heavy (non-hydrogen) atoms. The third kappa shape index (κ3) is 4.71. The summed E-state index contributed by atoms with van der Waals surface area (Å²) in [6, 6.07) is 8.48. The van der Waals surface area contributed by atoms with Gasteiger partial charge in [0.05, 0.1) is 25.6 Å². The highest BCUT2D eigenvalue weighted by Crippen LogP contribution is 2.25. The van der Waals surface area contributed by atoms with Crippen molar-refractivity contribution in [1.82, 2.24) is 9.78 Å². The van der Waals surface area contributed by atoms with Crippen molar-refractivity contribution >= 4 is 29.1 Å². The maximum atomic E-state index is 12.1. The second-order valence-corrected chi connectivity index (χ2v) is 5.06. The Kier molecular flexibility index (Phi) is 5.97. The van der Waals surface area contributed by atoms with Crippen LogP contribution in [0.25, 0.3) is 0 Å². The number of nitrogens with one attached hydrogen (secondary N) is 2. The molecule has 7 nitrogen and oxygen atoms in total. The third-order valence-corrected chi connectivity index (χ3v) is 3.34. The zero-order chi connectivity index (χ0) is 16.7. The SMILES string of the molecule is COCc1c(Cl)cccc1NC(=O)Nc1ccn(CCC#N)n1. The van der Waals surface area contributed by atoms with Crippen molar-refractivity contribution < 1.29 is 9.53 Å². The molecule has 1 heterocycles. The van der Waals surface area contributed by atoms with Crippen LogP contribution in [0.3, 0.4) is 0 Å². The number of halogens is 1. The average molecular weight is 334 g/mol. The summed E-state index contributed by atoms with van der Waals surface area (Å²) in [7, 11) is 1.56. The predicted molar refractivity (Wildman–Crippen MR) is 87.3 cm³/mol. The van der Waals surface area contributed by atoms with Gasteiger partial charge in [-0.2, -0.15) is 10.4 Å². The van der Waals surface area contributed by atoms with Gasteiger partial charge in [0.15, 0.2) is 5.82 Å². The number of urea groups is 1. The molecule has 1 aromatic heterocycles. The molecule has 0 aliphatic heterocycles. The lowest BCUT2D eigenvalue weighted by Gasteiger charge is -2.12. The Hall–Kier alpha value is -2.56. The lowest BCUT2D eigenvalue weighted by Crippen LogP contribution is -2.21. The van der Waals surface area contributed by atoms with Crippen LogP contribution in [-0.4, -0.2) is 22.9 Å². The van der Waals surface area contributed by atoms with Crippen LogP contribution in [0.15, 0.2) is 30.5 Å². The Bertz CT molecular complexity index is 723. The first kappa shape index (κ1) is 16.8. The van der Waals surface area contributed by atoms with E-state index in [0.717, 1.165) is 0 Å². The van der Waals surface area contributed by atoms with E-state index in [-0.39, 0.29) is 6.61 Å². The fraction of sp³-hybridized carbons (Fsp3) is 0.267. The van der Waals surface area contributed by atoms with E-state index in [2.05, 4.69) is 15.7 Å². The number of benzene rings is 1. The van der Waals surface area contributed by atoms with Crippen molar-refractivity contribution in [2.45, 2.75) is 19.6 Å². The fourth-order valence-electron chi connectivity index (χ4n) is 1.95. The van der Waals surface area contributed by atoms with Crippen LogP contribution in [-0.2, 0) is 17.9 Å². The summed E-state index contributed by atoms with van der Waals surface area (Å²) in [6.07, 6.45) is 2.05. The van der Waals surface area contributed by atoms with Gasteiger partial charge in [0.2, 0.25) is 0 Å². The largest absolute Gasteiger partial charge is 0.380 e. The van der Waals surface area contributed by atoms with Gasteiger partial charge in [0.25, 0.3) is 0 Å². The van der Waals surface area contributed by atoms with Crippen LogP contribution in [0.4, 0.5) is 16.3 Å². The second-order valence-electron chi connectivity index (χ2n) is 4.65. The highest BCUT2D eigenvalue weighted by Gasteiger charge is 2.11. The quantitative estimate of drug-likeness (QED) is 0.848. The number of aryl methyl sites for hydroxylation is 1. The molecule has 120 valence electrons. The molecule has 2 N–H and O–H groups in total. The van der Waals surface area contributed by atoms with Crippen LogP contribution in [0.5, 0.6) is 0 Å². The molecule has 0 radical (unpaired) electrons. The number of hydrogen-bond acceptors (Lipinski definition) is 4. The maximum Gasteiger partial charge on any atom is 0.324 e. The van der Waals surface area contributed by atoms with Crippen molar-refractivity contribution in [2.24, 2.45) is 0 Å². The topological polar surface area (TPSA) is 92.0 Å². The highest BCUT2D eigenvalue weighted by molar-refractivity contribution is 6.31. The number of ether oxygens (including phenoxy) is 1. The first-order valence-corrected chi connectivity index (χ1v) is 7.26. The summed E-state index contributed by atoms with van der Waals surface area (Å²) in [5.41, 5.74) is 1.27. The van der Waals surface area contributed by atoms with Crippen LogP contribution in [0, 0.1) is 11.3 Å². The molecule has 0 fully saturated rings. The van der Waals surface area contributed by atoms with Crippen LogP contribution in [0.2, 0.25) is 5.02 Å². The summed E-state index contributed by atoms with van der Waals surface area (Å²) in [5.74, 6) is 0.399. The normalized spacial score (nSPS) is 10.1. The van der Waals surface area contributed by atoms with Gasteiger partial charge < -0.3 is 10.1 Å². The van der Waals surface area contributed by atoms with Crippen LogP contribution >= 0.6 is 11.6 Å². The highest BCUT2D eigenvalue weighted by atomic mass is 35.5. The Balaban J connectivity index is 2.01. The smallest absolute Gasteiger partial charge is 0.324 e. The number of hydrogen-bond donors (Lipinski definition) is 2.